The van der Waals surface area contributed by atoms with E-state index in [1.54, 1.807) is 7.11 Å². The molecule has 2 N–H and O–H groups in total. The molecule has 0 radical (unpaired) electrons. The Morgan fingerprint density at radius 2 is 2.19 bits per heavy atom. The number of aryl methyl sites for hydroxylation is 1. The van der Waals surface area contributed by atoms with Crippen LogP contribution in [0.3, 0.4) is 0 Å². The zero-order valence-electron chi connectivity index (χ0n) is 15.2. The van der Waals surface area contributed by atoms with Crippen LogP contribution < -0.4 is 20.1 Å². The van der Waals surface area contributed by atoms with E-state index in [-0.39, 0.29) is 11.8 Å². The standard InChI is InChI=1S/C20H25N3O3/c1-14-4-7-19(23-12-14)21-8-3-9-22-20(24)16-10-15-11-17(25-2)5-6-18(15)26-13-16/h4-7,11-12,16H,3,8-10,13H2,1-2H3,(H,21,23)(H,22,24)/t16-/m0/s1. The highest BCUT2D eigenvalue weighted by Crippen LogP contribution is 2.30. The van der Waals surface area contributed by atoms with E-state index < -0.39 is 0 Å². The Morgan fingerprint density at radius 3 is 2.96 bits per heavy atom. The summed E-state index contributed by atoms with van der Waals surface area (Å²) in [5.41, 5.74) is 2.15. The maximum Gasteiger partial charge on any atom is 0.226 e. The van der Waals surface area contributed by atoms with Crippen LogP contribution in [0.25, 0.3) is 0 Å². The van der Waals surface area contributed by atoms with E-state index in [0.29, 0.717) is 19.6 Å². The second-order valence-electron chi connectivity index (χ2n) is 6.48. The molecule has 6 nitrogen and oxygen atoms in total. The normalized spacial score (nSPS) is 15.5. The molecule has 2 aromatic rings. The summed E-state index contributed by atoms with van der Waals surface area (Å²) in [5, 5.41) is 6.25. The van der Waals surface area contributed by atoms with E-state index in [1.807, 2.05) is 43.5 Å². The van der Waals surface area contributed by atoms with Crippen molar-refractivity contribution in [3.05, 3.63) is 47.7 Å². The molecule has 1 amide bonds. The molecule has 138 valence electrons. The smallest absolute Gasteiger partial charge is 0.226 e. The molecule has 1 aromatic heterocycles. The monoisotopic (exact) mass is 355 g/mol. The molecule has 26 heavy (non-hydrogen) atoms. The van der Waals surface area contributed by atoms with E-state index in [1.165, 1.54) is 0 Å². The number of hydrogen-bond donors (Lipinski definition) is 2. The third kappa shape index (κ3) is 4.65. The predicted molar refractivity (Wildman–Crippen MR) is 101 cm³/mol. The molecule has 6 heteroatoms. The molecule has 1 aromatic carbocycles. The molecule has 0 unspecified atom stereocenters. The summed E-state index contributed by atoms with van der Waals surface area (Å²) in [6, 6.07) is 9.68. The number of amides is 1. The largest absolute Gasteiger partial charge is 0.497 e. The van der Waals surface area contributed by atoms with Crippen molar-refractivity contribution in [2.24, 2.45) is 5.92 Å². The summed E-state index contributed by atoms with van der Waals surface area (Å²) >= 11 is 0. The number of anilines is 1. The fraction of sp³-hybridized carbons (Fsp3) is 0.400. The third-order valence-corrected chi connectivity index (χ3v) is 4.42. The number of ether oxygens (including phenoxy) is 2. The lowest BCUT2D eigenvalue weighted by Crippen LogP contribution is -2.38. The van der Waals surface area contributed by atoms with Gasteiger partial charge in [-0.1, -0.05) is 6.07 Å². The summed E-state index contributed by atoms with van der Waals surface area (Å²) in [7, 11) is 1.63. The van der Waals surface area contributed by atoms with Gasteiger partial charge in [0, 0.05) is 19.3 Å². The number of rotatable bonds is 7. The van der Waals surface area contributed by atoms with Crippen LogP contribution in [-0.2, 0) is 11.2 Å². The highest BCUT2D eigenvalue weighted by molar-refractivity contribution is 5.79. The number of pyridine rings is 1. The van der Waals surface area contributed by atoms with Gasteiger partial charge in [0.25, 0.3) is 0 Å². The van der Waals surface area contributed by atoms with Crippen molar-refractivity contribution in [1.29, 1.82) is 0 Å². The molecule has 1 aliphatic heterocycles. The molecule has 0 fully saturated rings. The number of fused-ring (bicyclic) bond motifs is 1. The van der Waals surface area contributed by atoms with E-state index in [9.17, 15) is 4.79 Å². The van der Waals surface area contributed by atoms with Crippen molar-refractivity contribution in [3.8, 4) is 11.5 Å². The summed E-state index contributed by atoms with van der Waals surface area (Å²) < 4.78 is 11.0. The van der Waals surface area contributed by atoms with Gasteiger partial charge in [-0.05, 0) is 55.2 Å². The maximum absolute atomic E-state index is 12.4. The molecule has 0 spiro atoms. The van der Waals surface area contributed by atoms with Crippen molar-refractivity contribution in [1.82, 2.24) is 10.3 Å². The number of nitrogens with zero attached hydrogens (tertiary/aromatic N) is 1. The zero-order valence-corrected chi connectivity index (χ0v) is 15.2. The van der Waals surface area contributed by atoms with Crippen LogP contribution in [0, 0.1) is 12.8 Å². The molecule has 0 saturated heterocycles. The molecule has 0 bridgehead atoms. The van der Waals surface area contributed by atoms with Crippen LogP contribution in [-0.4, -0.2) is 37.7 Å². The average Bonchev–Trinajstić information content (AvgIpc) is 2.68. The Labute approximate surface area is 153 Å². The van der Waals surface area contributed by atoms with Crippen LogP contribution in [0.5, 0.6) is 11.5 Å². The molecule has 1 atom stereocenters. The molecular formula is C20H25N3O3. The molecule has 1 aliphatic rings. The molecule has 0 saturated carbocycles. The maximum atomic E-state index is 12.4. The van der Waals surface area contributed by atoms with Crippen molar-refractivity contribution >= 4 is 11.7 Å². The SMILES string of the molecule is COc1ccc2c(c1)C[C@H](C(=O)NCCCNc1ccc(C)cn1)CO2. The van der Waals surface area contributed by atoms with Gasteiger partial charge in [0.05, 0.1) is 13.0 Å². The second kappa shape index (κ2) is 8.56. The first-order valence-corrected chi connectivity index (χ1v) is 8.89. The van der Waals surface area contributed by atoms with Crippen LogP contribution in [0.4, 0.5) is 5.82 Å². The fourth-order valence-corrected chi connectivity index (χ4v) is 2.90. The van der Waals surface area contributed by atoms with Crippen LogP contribution in [0.2, 0.25) is 0 Å². The highest BCUT2D eigenvalue weighted by Gasteiger charge is 2.26. The van der Waals surface area contributed by atoms with E-state index in [0.717, 1.165) is 41.4 Å². The zero-order chi connectivity index (χ0) is 18.4. The number of benzene rings is 1. The quantitative estimate of drug-likeness (QED) is 0.747. The Balaban J connectivity index is 1.40. The minimum absolute atomic E-state index is 0.0342. The average molecular weight is 355 g/mol. The van der Waals surface area contributed by atoms with E-state index in [2.05, 4.69) is 15.6 Å². The Hall–Kier alpha value is -2.76. The minimum atomic E-state index is -0.165. The van der Waals surface area contributed by atoms with Gasteiger partial charge >= 0.3 is 0 Å². The van der Waals surface area contributed by atoms with Gasteiger partial charge in [0.2, 0.25) is 5.91 Å². The molecule has 0 aliphatic carbocycles. The molecular weight excluding hydrogens is 330 g/mol. The minimum Gasteiger partial charge on any atom is -0.497 e. The van der Waals surface area contributed by atoms with Gasteiger partial charge in [0.15, 0.2) is 0 Å². The first-order chi connectivity index (χ1) is 12.7. The number of carbonyl (C=O) groups is 1. The number of carbonyl (C=O) groups excluding carboxylic acids is 1. The topological polar surface area (TPSA) is 72.5 Å². The van der Waals surface area contributed by atoms with Crippen molar-refractivity contribution < 1.29 is 14.3 Å². The Bertz CT molecular complexity index is 746. The van der Waals surface area contributed by atoms with E-state index >= 15 is 0 Å². The van der Waals surface area contributed by atoms with Crippen molar-refractivity contribution in [2.45, 2.75) is 19.8 Å². The highest BCUT2D eigenvalue weighted by atomic mass is 16.5. The third-order valence-electron chi connectivity index (χ3n) is 4.42. The lowest BCUT2D eigenvalue weighted by molar-refractivity contribution is -0.126. The number of methoxy groups -OCH3 is 1. The number of nitrogens with one attached hydrogen (secondary N) is 2. The van der Waals surface area contributed by atoms with Crippen molar-refractivity contribution in [3.63, 3.8) is 0 Å². The summed E-state index contributed by atoms with van der Waals surface area (Å²) in [6.45, 7) is 3.81. The molecule has 3 rings (SSSR count). The first kappa shape index (κ1) is 18.0. The van der Waals surface area contributed by atoms with Crippen LogP contribution in [0.1, 0.15) is 17.5 Å². The van der Waals surface area contributed by atoms with Gasteiger partial charge in [-0.25, -0.2) is 4.98 Å². The van der Waals surface area contributed by atoms with Crippen LogP contribution >= 0.6 is 0 Å². The summed E-state index contributed by atoms with van der Waals surface area (Å²) in [6.07, 6.45) is 3.34. The second-order valence-corrected chi connectivity index (χ2v) is 6.48. The lowest BCUT2D eigenvalue weighted by atomic mass is 9.96. The fourth-order valence-electron chi connectivity index (χ4n) is 2.90. The van der Waals surface area contributed by atoms with E-state index in [4.69, 9.17) is 9.47 Å². The molecule has 2 heterocycles. The van der Waals surface area contributed by atoms with Gasteiger partial charge in [-0.15, -0.1) is 0 Å². The number of aromatic nitrogens is 1. The Morgan fingerprint density at radius 1 is 1.31 bits per heavy atom. The summed E-state index contributed by atoms with van der Waals surface area (Å²) in [4.78, 5) is 16.7. The summed E-state index contributed by atoms with van der Waals surface area (Å²) in [5.74, 6) is 2.34. The van der Waals surface area contributed by atoms with Gasteiger partial charge < -0.3 is 20.1 Å². The van der Waals surface area contributed by atoms with Gasteiger partial charge in [0.1, 0.15) is 23.9 Å². The lowest BCUT2D eigenvalue weighted by Gasteiger charge is -2.25. The number of hydrogen-bond acceptors (Lipinski definition) is 5. The first-order valence-electron chi connectivity index (χ1n) is 8.89. The van der Waals surface area contributed by atoms with Crippen LogP contribution in [0.15, 0.2) is 36.5 Å². The van der Waals surface area contributed by atoms with Gasteiger partial charge in [-0.3, -0.25) is 4.79 Å². The predicted octanol–water partition coefficient (Wildman–Crippen LogP) is 2.57. The Kier molecular flexibility index (Phi) is 5.94. The van der Waals surface area contributed by atoms with Crippen molar-refractivity contribution in [2.75, 3.05) is 32.1 Å². The van der Waals surface area contributed by atoms with Gasteiger partial charge in [-0.2, -0.15) is 0 Å².